The smallest absolute Gasteiger partial charge is 0.240 e. The van der Waals surface area contributed by atoms with Crippen LogP contribution < -0.4 is 9.46 Å². The van der Waals surface area contributed by atoms with Crippen LogP contribution >= 0.6 is 0 Å². The summed E-state index contributed by atoms with van der Waals surface area (Å²) in [6, 6.07) is 14.4. The maximum Gasteiger partial charge on any atom is 0.240 e. The molecule has 126 valence electrons. The molecule has 3 aromatic rings. The van der Waals surface area contributed by atoms with Crippen molar-refractivity contribution in [2.75, 3.05) is 13.2 Å². The zero-order valence-corrected chi connectivity index (χ0v) is 14.3. The SMILES string of the molecule is CCOc1ccc(S(=O)(=O)NCCc2c[nH]c3ccccc23)cc1. The molecule has 0 aliphatic rings. The Labute approximate surface area is 141 Å². The minimum absolute atomic E-state index is 0.241. The van der Waals surface area contributed by atoms with Gasteiger partial charge in [0.2, 0.25) is 10.0 Å². The molecule has 0 unspecified atom stereocenters. The van der Waals surface area contributed by atoms with Gasteiger partial charge in [-0.1, -0.05) is 18.2 Å². The van der Waals surface area contributed by atoms with Crippen molar-refractivity contribution in [2.45, 2.75) is 18.2 Å². The summed E-state index contributed by atoms with van der Waals surface area (Å²) in [4.78, 5) is 3.44. The zero-order chi connectivity index (χ0) is 17.0. The van der Waals surface area contributed by atoms with Crippen molar-refractivity contribution in [3.8, 4) is 5.75 Å². The quantitative estimate of drug-likeness (QED) is 0.692. The Bertz CT molecular complexity index is 915. The topological polar surface area (TPSA) is 71.2 Å². The Morgan fingerprint density at radius 3 is 2.58 bits per heavy atom. The largest absolute Gasteiger partial charge is 0.494 e. The summed E-state index contributed by atoms with van der Waals surface area (Å²) >= 11 is 0. The summed E-state index contributed by atoms with van der Waals surface area (Å²) in [7, 11) is -3.51. The second kappa shape index (κ2) is 7.07. The minimum Gasteiger partial charge on any atom is -0.494 e. The number of aromatic nitrogens is 1. The highest BCUT2D eigenvalue weighted by molar-refractivity contribution is 7.89. The molecule has 1 aromatic heterocycles. The molecule has 5 nitrogen and oxygen atoms in total. The first-order valence-corrected chi connectivity index (χ1v) is 9.36. The van der Waals surface area contributed by atoms with Gasteiger partial charge in [-0.3, -0.25) is 0 Å². The van der Waals surface area contributed by atoms with Gasteiger partial charge < -0.3 is 9.72 Å². The first-order valence-electron chi connectivity index (χ1n) is 7.87. The fourth-order valence-electron chi connectivity index (χ4n) is 2.62. The predicted octanol–water partition coefficient (Wildman–Crippen LogP) is 3.09. The number of rotatable bonds is 7. The molecule has 0 aliphatic heterocycles. The van der Waals surface area contributed by atoms with Crippen molar-refractivity contribution < 1.29 is 13.2 Å². The molecule has 6 heteroatoms. The number of sulfonamides is 1. The molecule has 0 amide bonds. The third kappa shape index (κ3) is 3.60. The molecule has 0 bridgehead atoms. The average Bonchev–Trinajstić information content (AvgIpc) is 2.99. The summed E-state index contributed by atoms with van der Waals surface area (Å²) < 4.78 is 32.6. The maximum atomic E-state index is 12.3. The van der Waals surface area contributed by atoms with E-state index in [-0.39, 0.29) is 4.90 Å². The number of nitrogens with one attached hydrogen (secondary N) is 2. The van der Waals surface area contributed by atoms with Crippen molar-refractivity contribution in [3.63, 3.8) is 0 Å². The molecule has 1 heterocycles. The van der Waals surface area contributed by atoms with Gasteiger partial charge in [-0.15, -0.1) is 0 Å². The minimum atomic E-state index is -3.51. The molecule has 0 atom stereocenters. The van der Waals surface area contributed by atoms with E-state index in [0.717, 1.165) is 16.5 Å². The molecule has 0 radical (unpaired) electrons. The summed E-state index contributed by atoms with van der Waals surface area (Å²) in [5, 5.41) is 1.12. The number of ether oxygens (including phenoxy) is 1. The number of benzene rings is 2. The lowest BCUT2D eigenvalue weighted by atomic mass is 10.1. The van der Waals surface area contributed by atoms with E-state index in [0.29, 0.717) is 25.3 Å². The van der Waals surface area contributed by atoms with Crippen LogP contribution in [0.25, 0.3) is 10.9 Å². The number of aromatic amines is 1. The van der Waals surface area contributed by atoms with Crippen LogP contribution in [0.15, 0.2) is 59.6 Å². The van der Waals surface area contributed by atoms with Crippen LogP contribution in [-0.2, 0) is 16.4 Å². The Hall–Kier alpha value is -2.31. The Kier molecular flexibility index (Phi) is 4.87. The first kappa shape index (κ1) is 16.5. The molecule has 0 fully saturated rings. The van der Waals surface area contributed by atoms with Crippen molar-refractivity contribution >= 4 is 20.9 Å². The normalized spacial score (nSPS) is 11.7. The van der Waals surface area contributed by atoms with E-state index in [9.17, 15) is 8.42 Å². The van der Waals surface area contributed by atoms with Crippen LogP contribution in [0.4, 0.5) is 0 Å². The van der Waals surface area contributed by atoms with E-state index in [1.807, 2.05) is 37.4 Å². The number of hydrogen-bond donors (Lipinski definition) is 2. The third-order valence-corrected chi connectivity index (χ3v) is 5.28. The standard InChI is InChI=1S/C18H20N2O3S/c1-2-23-15-7-9-16(10-8-15)24(21,22)20-12-11-14-13-19-18-6-4-3-5-17(14)18/h3-10,13,19-20H,2,11-12H2,1H3. The molecular formula is C18H20N2O3S. The molecular weight excluding hydrogens is 324 g/mol. The third-order valence-electron chi connectivity index (χ3n) is 3.81. The monoisotopic (exact) mass is 344 g/mol. The van der Waals surface area contributed by atoms with Gasteiger partial charge in [-0.2, -0.15) is 0 Å². The maximum absolute atomic E-state index is 12.3. The van der Waals surface area contributed by atoms with Crippen molar-refractivity contribution in [2.24, 2.45) is 0 Å². The lowest BCUT2D eigenvalue weighted by Crippen LogP contribution is -2.25. The van der Waals surface area contributed by atoms with Gasteiger partial charge in [-0.05, 0) is 49.2 Å². The van der Waals surface area contributed by atoms with Gasteiger partial charge >= 0.3 is 0 Å². The molecule has 2 N–H and O–H groups in total. The second-order valence-electron chi connectivity index (χ2n) is 5.41. The van der Waals surface area contributed by atoms with Crippen LogP contribution in [0, 0.1) is 0 Å². The highest BCUT2D eigenvalue weighted by atomic mass is 32.2. The summed E-state index contributed by atoms with van der Waals surface area (Å²) in [6.45, 7) is 2.78. The van der Waals surface area contributed by atoms with Gasteiger partial charge in [0.25, 0.3) is 0 Å². The number of para-hydroxylation sites is 1. The van der Waals surface area contributed by atoms with Crippen LogP contribution in [0.1, 0.15) is 12.5 Å². The van der Waals surface area contributed by atoms with E-state index in [4.69, 9.17) is 4.74 Å². The van der Waals surface area contributed by atoms with E-state index in [2.05, 4.69) is 9.71 Å². The van der Waals surface area contributed by atoms with E-state index >= 15 is 0 Å². The highest BCUT2D eigenvalue weighted by Gasteiger charge is 2.14. The van der Waals surface area contributed by atoms with Gasteiger partial charge in [0, 0.05) is 23.6 Å². The molecule has 2 aromatic carbocycles. The van der Waals surface area contributed by atoms with Crippen molar-refractivity contribution in [3.05, 3.63) is 60.3 Å². The lowest BCUT2D eigenvalue weighted by Gasteiger charge is -2.08. The predicted molar refractivity (Wildman–Crippen MR) is 94.8 cm³/mol. The first-order chi connectivity index (χ1) is 11.6. The Morgan fingerprint density at radius 1 is 1.08 bits per heavy atom. The van der Waals surface area contributed by atoms with E-state index < -0.39 is 10.0 Å². The van der Waals surface area contributed by atoms with E-state index in [1.165, 1.54) is 0 Å². The zero-order valence-electron chi connectivity index (χ0n) is 13.5. The van der Waals surface area contributed by atoms with Gasteiger partial charge in [-0.25, -0.2) is 13.1 Å². The molecule has 0 spiro atoms. The number of fused-ring (bicyclic) bond motifs is 1. The van der Waals surface area contributed by atoms with Crippen LogP contribution in [-0.4, -0.2) is 26.6 Å². The molecule has 3 rings (SSSR count). The summed E-state index contributed by atoms with van der Waals surface area (Å²) in [5.74, 6) is 0.662. The average molecular weight is 344 g/mol. The lowest BCUT2D eigenvalue weighted by molar-refractivity contribution is 0.340. The van der Waals surface area contributed by atoms with Crippen LogP contribution in [0.2, 0.25) is 0 Å². The molecule has 24 heavy (non-hydrogen) atoms. The number of H-pyrrole nitrogens is 1. The van der Waals surface area contributed by atoms with Crippen molar-refractivity contribution in [1.29, 1.82) is 0 Å². The molecule has 0 aliphatic carbocycles. The molecule has 0 saturated carbocycles. The Balaban J connectivity index is 1.64. The second-order valence-corrected chi connectivity index (χ2v) is 7.18. The van der Waals surface area contributed by atoms with Gasteiger partial charge in [0.05, 0.1) is 11.5 Å². The van der Waals surface area contributed by atoms with Gasteiger partial charge in [0.15, 0.2) is 0 Å². The summed E-state index contributed by atoms with van der Waals surface area (Å²) in [5.41, 5.74) is 2.15. The fourth-order valence-corrected chi connectivity index (χ4v) is 3.66. The van der Waals surface area contributed by atoms with Crippen LogP contribution in [0.3, 0.4) is 0 Å². The van der Waals surface area contributed by atoms with Gasteiger partial charge in [0.1, 0.15) is 5.75 Å². The Morgan fingerprint density at radius 2 is 1.83 bits per heavy atom. The number of hydrogen-bond acceptors (Lipinski definition) is 3. The highest BCUT2D eigenvalue weighted by Crippen LogP contribution is 2.18. The van der Waals surface area contributed by atoms with Crippen LogP contribution in [0.5, 0.6) is 5.75 Å². The van der Waals surface area contributed by atoms with E-state index in [1.54, 1.807) is 24.3 Å². The van der Waals surface area contributed by atoms with Crippen molar-refractivity contribution in [1.82, 2.24) is 9.71 Å². The summed E-state index contributed by atoms with van der Waals surface area (Å²) in [6.07, 6.45) is 2.55. The molecule has 0 saturated heterocycles. The fraction of sp³-hybridized carbons (Fsp3) is 0.222.